The lowest BCUT2D eigenvalue weighted by Crippen LogP contribution is -2.47. The van der Waals surface area contributed by atoms with Crippen molar-refractivity contribution in [3.8, 4) is 5.88 Å². The SMILES string of the molecule is CC(C)(Oc1nn(Cc2cccc(Cl)c2)c2ccccc12)C(=O)N1CCCC1. The van der Waals surface area contributed by atoms with E-state index in [-0.39, 0.29) is 5.91 Å². The van der Waals surface area contributed by atoms with Crippen LogP contribution < -0.4 is 4.74 Å². The average Bonchev–Trinajstić information content (AvgIpc) is 3.30. The van der Waals surface area contributed by atoms with Crippen molar-refractivity contribution in [1.29, 1.82) is 0 Å². The maximum atomic E-state index is 12.9. The summed E-state index contributed by atoms with van der Waals surface area (Å²) >= 11 is 6.12. The molecule has 0 spiro atoms. The first-order chi connectivity index (χ1) is 13.4. The Morgan fingerprint density at radius 3 is 2.64 bits per heavy atom. The summed E-state index contributed by atoms with van der Waals surface area (Å²) in [4.78, 5) is 14.8. The van der Waals surface area contributed by atoms with Gasteiger partial charge >= 0.3 is 0 Å². The summed E-state index contributed by atoms with van der Waals surface area (Å²) in [5.74, 6) is 0.494. The van der Waals surface area contributed by atoms with E-state index in [0.717, 1.165) is 42.4 Å². The summed E-state index contributed by atoms with van der Waals surface area (Å²) in [5.41, 5.74) is 1.05. The number of carbonyl (C=O) groups is 1. The van der Waals surface area contributed by atoms with Crippen LogP contribution in [0.5, 0.6) is 5.88 Å². The van der Waals surface area contributed by atoms with Crippen molar-refractivity contribution in [2.75, 3.05) is 13.1 Å². The predicted molar refractivity (Wildman–Crippen MR) is 111 cm³/mol. The highest BCUT2D eigenvalue weighted by Gasteiger charge is 2.36. The Morgan fingerprint density at radius 2 is 1.89 bits per heavy atom. The highest BCUT2D eigenvalue weighted by molar-refractivity contribution is 6.30. The summed E-state index contributed by atoms with van der Waals surface area (Å²) in [7, 11) is 0. The molecule has 0 aliphatic carbocycles. The van der Waals surface area contributed by atoms with Crippen LogP contribution in [0.2, 0.25) is 5.02 Å². The van der Waals surface area contributed by atoms with Gasteiger partial charge in [-0.15, -0.1) is 5.10 Å². The van der Waals surface area contributed by atoms with E-state index in [1.165, 1.54) is 0 Å². The number of benzene rings is 2. The number of para-hydroxylation sites is 1. The number of amides is 1. The second kappa shape index (κ2) is 7.47. The molecule has 4 rings (SSSR count). The zero-order valence-electron chi connectivity index (χ0n) is 16.2. The molecule has 1 aromatic heterocycles. The lowest BCUT2D eigenvalue weighted by Gasteiger charge is -2.29. The maximum absolute atomic E-state index is 12.9. The van der Waals surface area contributed by atoms with E-state index in [4.69, 9.17) is 16.3 Å². The normalized spacial score (nSPS) is 14.6. The van der Waals surface area contributed by atoms with E-state index in [1.54, 1.807) is 0 Å². The van der Waals surface area contributed by atoms with Gasteiger partial charge in [0.2, 0.25) is 5.88 Å². The van der Waals surface area contributed by atoms with Crippen LogP contribution in [0.1, 0.15) is 32.3 Å². The molecular formula is C22H24ClN3O2. The van der Waals surface area contributed by atoms with Crippen LogP contribution >= 0.6 is 11.6 Å². The summed E-state index contributed by atoms with van der Waals surface area (Å²) in [6.45, 7) is 5.81. The molecule has 5 nitrogen and oxygen atoms in total. The van der Waals surface area contributed by atoms with Gasteiger partial charge in [-0.05, 0) is 56.5 Å². The van der Waals surface area contributed by atoms with Gasteiger partial charge in [-0.1, -0.05) is 35.9 Å². The number of likely N-dealkylation sites (tertiary alicyclic amines) is 1. The Balaban J connectivity index is 1.65. The Bertz CT molecular complexity index is 1010. The van der Waals surface area contributed by atoms with Gasteiger partial charge in [0.05, 0.1) is 17.4 Å². The number of hydrogen-bond donors (Lipinski definition) is 0. The Labute approximate surface area is 169 Å². The zero-order chi connectivity index (χ0) is 19.7. The molecule has 2 aromatic carbocycles. The molecule has 6 heteroatoms. The van der Waals surface area contributed by atoms with Crippen LogP contribution in [-0.2, 0) is 11.3 Å². The fourth-order valence-electron chi connectivity index (χ4n) is 3.69. The molecule has 0 atom stereocenters. The van der Waals surface area contributed by atoms with E-state index in [9.17, 15) is 4.79 Å². The molecule has 1 saturated heterocycles. The molecule has 1 fully saturated rings. The molecule has 0 bridgehead atoms. The van der Waals surface area contributed by atoms with Crippen LogP contribution in [0.4, 0.5) is 0 Å². The van der Waals surface area contributed by atoms with E-state index in [2.05, 4.69) is 5.10 Å². The summed E-state index contributed by atoms with van der Waals surface area (Å²) in [6.07, 6.45) is 2.11. The molecule has 3 aromatic rings. The first-order valence-corrected chi connectivity index (χ1v) is 10.0. The van der Waals surface area contributed by atoms with Crippen molar-refractivity contribution in [1.82, 2.24) is 14.7 Å². The van der Waals surface area contributed by atoms with Crippen LogP contribution in [0.25, 0.3) is 10.9 Å². The largest absolute Gasteiger partial charge is 0.460 e. The molecule has 1 aliphatic rings. The van der Waals surface area contributed by atoms with Crippen molar-refractivity contribution in [2.45, 2.75) is 38.8 Å². The van der Waals surface area contributed by atoms with Crippen molar-refractivity contribution in [3.63, 3.8) is 0 Å². The molecule has 1 amide bonds. The molecule has 0 radical (unpaired) electrons. The number of hydrogen-bond acceptors (Lipinski definition) is 3. The maximum Gasteiger partial charge on any atom is 0.266 e. The third-order valence-electron chi connectivity index (χ3n) is 5.11. The first-order valence-electron chi connectivity index (χ1n) is 9.62. The van der Waals surface area contributed by atoms with Crippen molar-refractivity contribution in [2.24, 2.45) is 0 Å². The monoisotopic (exact) mass is 397 g/mol. The number of fused-ring (bicyclic) bond motifs is 1. The molecule has 0 unspecified atom stereocenters. The number of carbonyl (C=O) groups excluding carboxylic acids is 1. The van der Waals surface area contributed by atoms with Crippen LogP contribution in [0.15, 0.2) is 48.5 Å². The quantitative estimate of drug-likeness (QED) is 0.636. The average molecular weight is 398 g/mol. The van der Waals surface area contributed by atoms with Crippen molar-refractivity contribution < 1.29 is 9.53 Å². The fourth-order valence-corrected chi connectivity index (χ4v) is 3.90. The third kappa shape index (κ3) is 3.72. The molecule has 1 aliphatic heterocycles. The van der Waals surface area contributed by atoms with Crippen molar-refractivity contribution in [3.05, 3.63) is 59.1 Å². The van der Waals surface area contributed by atoms with E-state index in [0.29, 0.717) is 17.4 Å². The zero-order valence-corrected chi connectivity index (χ0v) is 16.9. The Kier molecular flexibility index (Phi) is 5.02. The number of ether oxygens (including phenoxy) is 1. The number of halogens is 1. The highest BCUT2D eigenvalue weighted by atomic mass is 35.5. The summed E-state index contributed by atoms with van der Waals surface area (Å²) < 4.78 is 8.08. The molecule has 2 heterocycles. The fraction of sp³-hybridized carbons (Fsp3) is 0.364. The van der Waals surface area contributed by atoms with Crippen molar-refractivity contribution >= 4 is 28.4 Å². The minimum Gasteiger partial charge on any atom is -0.460 e. The molecule has 0 saturated carbocycles. The van der Waals surface area contributed by atoms with Crippen LogP contribution in [0, 0.1) is 0 Å². The highest BCUT2D eigenvalue weighted by Crippen LogP contribution is 2.30. The van der Waals surface area contributed by atoms with Gasteiger partial charge < -0.3 is 9.64 Å². The van der Waals surface area contributed by atoms with Gasteiger partial charge in [0.25, 0.3) is 5.91 Å². The first kappa shape index (κ1) is 18.8. The molecular weight excluding hydrogens is 374 g/mol. The van der Waals surface area contributed by atoms with E-state index >= 15 is 0 Å². The second-order valence-corrected chi connectivity index (χ2v) is 8.16. The number of aromatic nitrogens is 2. The van der Waals surface area contributed by atoms with Gasteiger partial charge in [0, 0.05) is 18.1 Å². The van der Waals surface area contributed by atoms with Gasteiger partial charge in [0.15, 0.2) is 5.60 Å². The number of rotatable bonds is 5. The van der Waals surface area contributed by atoms with E-state index < -0.39 is 5.60 Å². The van der Waals surface area contributed by atoms with Crippen LogP contribution in [0.3, 0.4) is 0 Å². The minimum absolute atomic E-state index is 0.0125. The van der Waals surface area contributed by atoms with Gasteiger partial charge in [-0.25, -0.2) is 0 Å². The molecule has 146 valence electrons. The molecule has 28 heavy (non-hydrogen) atoms. The van der Waals surface area contributed by atoms with Gasteiger partial charge in [-0.3, -0.25) is 9.48 Å². The summed E-state index contributed by atoms with van der Waals surface area (Å²) in [6, 6.07) is 15.6. The standard InChI is InChI=1S/C22H24ClN3O2/c1-22(2,21(27)25-12-5-6-13-25)28-20-18-10-3-4-11-19(18)26(24-20)15-16-8-7-9-17(23)14-16/h3-4,7-11,14H,5-6,12-13,15H2,1-2H3. The second-order valence-electron chi connectivity index (χ2n) is 7.72. The van der Waals surface area contributed by atoms with E-state index in [1.807, 2.05) is 72.0 Å². The Morgan fingerprint density at radius 1 is 1.14 bits per heavy atom. The third-order valence-corrected chi connectivity index (χ3v) is 5.34. The van der Waals surface area contributed by atoms with Crippen LogP contribution in [-0.4, -0.2) is 39.3 Å². The Hall–Kier alpha value is -2.53. The number of nitrogens with zero attached hydrogens (tertiary/aromatic N) is 3. The lowest BCUT2D eigenvalue weighted by molar-refractivity contribution is -0.144. The van der Waals surface area contributed by atoms with Gasteiger partial charge in [0.1, 0.15) is 0 Å². The van der Waals surface area contributed by atoms with Gasteiger partial charge in [-0.2, -0.15) is 0 Å². The topological polar surface area (TPSA) is 47.4 Å². The molecule has 0 N–H and O–H groups in total. The lowest BCUT2D eigenvalue weighted by atomic mass is 10.1. The smallest absolute Gasteiger partial charge is 0.266 e. The predicted octanol–water partition coefficient (Wildman–Crippen LogP) is 4.52. The minimum atomic E-state index is -0.970. The summed E-state index contributed by atoms with van der Waals surface area (Å²) in [5, 5.41) is 6.28.